The number of nitrogens with zero attached hydrogens (tertiary/aromatic N) is 1. The molecule has 28 heavy (non-hydrogen) atoms. The van der Waals surface area contributed by atoms with Crippen molar-refractivity contribution in [2.45, 2.75) is 0 Å². The molecule has 0 bridgehead atoms. The average molecular weight is 381 g/mol. The summed E-state index contributed by atoms with van der Waals surface area (Å²) in [7, 11) is 8.03. The first-order valence-corrected chi connectivity index (χ1v) is 8.67. The Hall–Kier alpha value is -3.41. The van der Waals surface area contributed by atoms with Crippen LogP contribution in [0.5, 0.6) is 17.2 Å². The van der Waals surface area contributed by atoms with Crippen LogP contribution in [-0.4, -0.2) is 39.0 Å². The van der Waals surface area contributed by atoms with Gasteiger partial charge in [0.25, 0.3) is 0 Å². The van der Waals surface area contributed by atoms with Crippen LogP contribution in [0.3, 0.4) is 0 Å². The minimum atomic E-state index is -0.351. The Morgan fingerprint density at radius 2 is 1.54 bits per heavy atom. The Bertz CT molecular complexity index is 1020. The number of hydrogen-bond acceptors (Lipinski definition) is 5. The molecule has 0 radical (unpaired) electrons. The molecule has 0 aliphatic carbocycles. The maximum Gasteiger partial charge on any atom is 0.340 e. The molecule has 0 N–H and O–H groups in total. The normalized spacial score (nSPS) is 11.0. The molecule has 6 nitrogen and oxygen atoms in total. The molecule has 0 saturated heterocycles. The van der Waals surface area contributed by atoms with Gasteiger partial charge in [-0.3, -0.25) is 0 Å². The number of ether oxygens (including phenoxy) is 4. The van der Waals surface area contributed by atoms with Crippen LogP contribution in [0.2, 0.25) is 0 Å². The third-order valence-corrected chi connectivity index (χ3v) is 4.57. The number of carbonyl (C=O) groups is 1. The lowest BCUT2D eigenvalue weighted by atomic mass is 10.1. The molecular formula is C22H23NO5. The molecule has 2 aromatic carbocycles. The van der Waals surface area contributed by atoms with E-state index in [0.717, 1.165) is 22.0 Å². The number of fused-ring (bicyclic) bond motifs is 1. The highest BCUT2D eigenvalue weighted by atomic mass is 16.5. The molecule has 0 amide bonds. The standard InChI is InChI=1S/C22H23NO5/c1-23-13-17(22(24)28-5)16-10-14(8-9-18(16)23)6-7-15-11-19(25-2)21(27-4)20(12-15)26-3/h6-13H,1-5H3/b7-6-. The van der Waals surface area contributed by atoms with E-state index in [1.54, 1.807) is 27.5 Å². The lowest BCUT2D eigenvalue weighted by Gasteiger charge is -2.12. The summed E-state index contributed by atoms with van der Waals surface area (Å²) in [5.41, 5.74) is 3.36. The molecule has 0 fully saturated rings. The first kappa shape index (κ1) is 19.4. The summed E-state index contributed by atoms with van der Waals surface area (Å²) in [6.45, 7) is 0. The summed E-state index contributed by atoms with van der Waals surface area (Å²) in [6.07, 6.45) is 5.70. The fourth-order valence-corrected chi connectivity index (χ4v) is 3.18. The molecular weight excluding hydrogens is 358 g/mol. The zero-order valence-corrected chi connectivity index (χ0v) is 16.6. The molecule has 3 aromatic rings. The number of methoxy groups -OCH3 is 4. The molecule has 0 aliphatic rings. The maximum absolute atomic E-state index is 12.0. The minimum Gasteiger partial charge on any atom is -0.493 e. The van der Waals surface area contributed by atoms with E-state index in [9.17, 15) is 4.79 Å². The number of aryl methyl sites for hydroxylation is 1. The van der Waals surface area contributed by atoms with E-state index in [0.29, 0.717) is 22.8 Å². The summed E-state index contributed by atoms with van der Waals surface area (Å²) in [6, 6.07) is 9.70. The number of carbonyl (C=O) groups excluding carboxylic acids is 1. The second kappa shape index (κ2) is 8.08. The van der Waals surface area contributed by atoms with Crippen LogP contribution in [-0.2, 0) is 11.8 Å². The van der Waals surface area contributed by atoms with Crippen molar-refractivity contribution in [1.29, 1.82) is 0 Å². The smallest absolute Gasteiger partial charge is 0.340 e. The van der Waals surface area contributed by atoms with Gasteiger partial charge in [0.15, 0.2) is 11.5 Å². The van der Waals surface area contributed by atoms with Gasteiger partial charge in [0.05, 0.1) is 34.0 Å². The molecule has 1 heterocycles. The van der Waals surface area contributed by atoms with Gasteiger partial charge in [-0.25, -0.2) is 4.79 Å². The van der Waals surface area contributed by atoms with Crippen LogP contribution in [0.15, 0.2) is 36.5 Å². The van der Waals surface area contributed by atoms with Gasteiger partial charge in [0.1, 0.15) is 0 Å². The van der Waals surface area contributed by atoms with Crippen molar-refractivity contribution in [2.75, 3.05) is 28.4 Å². The van der Waals surface area contributed by atoms with Crippen LogP contribution in [0.25, 0.3) is 23.1 Å². The van der Waals surface area contributed by atoms with Gasteiger partial charge < -0.3 is 23.5 Å². The molecule has 0 aliphatic heterocycles. The lowest BCUT2D eigenvalue weighted by molar-refractivity contribution is 0.0603. The Balaban J connectivity index is 2.00. The highest BCUT2D eigenvalue weighted by molar-refractivity contribution is 6.05. The third-order valence-electron chi connectivity index (χ3n) is 4.57. The molecule has 6 heteroatoms. The molecule has 3 rings (SSSR count). The highest BCUT2D eigenvalue weighted by Gasteiger charge is 2.15. The number of hydrogen-bond donors (Lipinski definition) is 0. The summed E-state index contributed by atoms with van der Waals surface area (Å²) in [4.78, 5) is 12.0. The fourth-order valence-electron chi connectivity index (χ4n) is 3.18. The fraction of sp³-hybridized carbons (Fsp3) is 0.227. The predicted molar refractivity (Wildman–Crippen MR) is 109 cm³/mol. The number of aromatic nitrogens is 1. The molecule has 0 atom stereocenters. The average Bonchev–Trinajstić information content (AvgIpc) is 3.06. The summed E-state index contributed by atoms with van der Waals surface area (Å²) in [5, 5.41) is 0.849. The minimum absolute atomic E-state index is 0.351. The van der Waals surface area contributed by atoms with Crippen molar-refractivity contribution >= 4 is 29.0 Å². The van der Waals surface area contributed by atoms with E-state index in [4.69, 9.17) is 18.9 Å². The molecule has 0 unspecified atom stereocenters. The number of benzene rings is 2. The van der Waals surface area contributed by atoms with Gasteiger partial charge in [0, 0.05) is 24.1 Å². The highest BCUT2D eigenvalue weighted by Crippen LogP contribution is 2.38. The number of esters is 1. The first-order chi connectivity index (χ1) is 13.5. The van der Waals surface area contributed by atoms with Crippen LogP contribution >= 0.6 is 0 Å². The van der Waals surface area contributed by atoms with E-state index in [2.05, 4.69) is 0 Å². The zero-order chi connectivity index (χ0) is 20.3. The van der Waals surface area contributed by atoms with Crippen LogP contribution in [0.4, 0.5) is 0 Å². The van der Waals surface area contributed by atoms with E-state index >= 15 is 0 Å². The van der Waals surface area contributed by atoms with Gasteiger partial charge in [-0.05, 0) is 35.4 Å². The van der Waals surface area contributed by atoms with E-state index < -0.39 is 0 Å². The lowest BCUT2D eigenvalue weighted by Crippen LogP contribution is -1.99. The van der Waals surface area contributed by atoms with Crippen molar-refractivity contribution in [3.05, 3.63) is 53.2 Å². The Morgan fingerprint density at radius 3 is 2.11 bits per heavy atom. The third kappa shape index (κ3) is 3.53. The molecule has 0 saturated carbocycles. The van der Waals surface area contributed by atoms with Gasteiger partial charge in [0.2, 0.25) is 5.75 Å². The van der Waals surface area contributed by atoms with E-state index in [1.165, 1.54) is 7.11 Å². The molecule has 0 spiro atoms. The Labute approximate surface area is 163 Å². The molecule has 146 valence electrons. The quantitative estimate of drug-likeness (QED) is 0.474. The van der Waals surface area contributed by atoms with Crippen molar-refractivity contribution in [3.63, 3.8) is 0 Å². The number of rotatable bonds is 6. The van der Waals surface area contributed by atoms with Crippen LogP contribution in [0, 0.1) is 0 Å². The first-order valence-electron chi connectivity index (χ1n) is 8.67. The monoisotopic (exact) mass is 381 g/mol. The van der Waals surface area contributed by atoms with Crippen molar-refractivity contribution in [3.8, 4) is 17.2 Å². The van der Waals surface area contributed by atoms with E-state index in [-0.39, 0.29) is 5.97 Å². The van der Waals surface area contributed by atoms with Crippen LogP contribution in [0.1, 0.15) is 21.5 Å². The SMILES string of the molecule is COC(=O)c1cn(C)c2ccc(/C=C\c3cc(OC)c(OC)c(OC)c3)cc12. The van der Waals surface area contributed by atoms with E-state index in [1.807, 2.05) is 54.1 Å². The Kier molecular flexibility index (Phi) is 5.59. The van der Waals surface area contributed by atoms with Crippen molar-refractivity contribution in [2.24, 2.45) is 7.05 Å². The second-order valence-corrected chi connectivity index (χ2v) is 6.21. The topological polar surface area (TPSA) is 58.9 Å². The van der Waals surface area contributed by atoms with Crippen molar-refractivity contribution in [1.82, 2.24) is 4.57 Å². The maximum atomic E-state index is 12.0. The summed E-state index contributed by atoms with van der Waals surface area (Å²) >= 11 is 0. The Morgan fingerprint density at radius 1 is 0.893 bits per heavy atom. The zero-order valence-electron chi connectivity index (χ0n) is 16.6. The van der Waals surface area contributed by atoms with Gasteiger partial charge >= 0.3 is 5.97 Å². The summed E-state index contributed by atoms with van der Waals surface area (Å²) in [5.74, 6) is 1.38. The van der Waals surface area contributed by atoms with Gasteiger partial charge in [-0.1, -0.05) is 18.2 Å². The largest absolute Gasteiger partial charge is 0.493 e. The van der Waals surface area contributed by atoms with Gasteiger partial charge in [-0.2, -0.15) is 0 Å². The second-order valence-electron chi connectivity index (χ2n) is 6.21. The summed E-state index contributed by atoms with van der Waals surface area (Å²) < 4.78 is 22.9. The predicted octanol–water partition coefficient (Wildman–Crippen LogP) is 4.16. The van der Waals surface area contributed by atoms with Gasteiger partial charge in [-0.15, -0.1) is 0 Å². The molecule has 1 aromatic heterocycles. The van der Waals surface area contributed by atoms with Crippen molar-refractivity contribution < 1.29 is 23.7 Å². The van der Waals surface area contributed by atoms with Crippen LogP contribution < -0.4 is 14.2 Å².